The lowest BCUT2D eigenvalue weighted by atomic mass is 9.86. The molecule has 1 N–H and O–H groups in total. The summed E-state index contributed by atoms with van der Waals surface area (Å²) in [5.41, 5.74) is 1.25. The van der Waals surface area contributed by atoms with E-state index in [-0.39, 0.29) is 23.6 Å². The van der Waals surface area contributed by atoms with Crippen molar-refractivity contribution in [3.8, 4) is 11.5 Å². The fourth-order valence-electron chi connectivity index (χ4n) is 3.89. The summed E-state index contributed by atoms with van der Waals surface area (Å²) in [6, 6.07) is 11.8. The summed E-state index contributed by atoms with van der Waals surface area (Å²) in [5.74, 6) is -4.07. The third-order valence-electron chi connectivity index (χ3n) is 5.44. The fourth-order valence-corrected chi connectivity index (χ4v) is 3.89. The number of benzene rings is 2. The molecule has 2 aromatic carbocycles. The Hall–Kier alpha value is -4.07. The van der Waals surface area contributed by atoms with Gasteiger partial charge in [-0.15, -0.1) is 0 Å². The number of methoxy groups -OCH3 is 1. The average Bonchev–Trinajstić information content (AvgIpc) is 3.05. The van der Waals surface area contributed by atoms with Gasteiger partial charge in [0.05, 0.1) is 13.2 Å². The molecule has 8 heteroatoms. The maximum Gasteiger partial charge on any atom is 0.291 e. The van der Waals surface area contributed by atoms with Crippen LogP contribution >= 0.6 is 0 Å². The molecule has 2 heterocycles. The molecule has 7 nitrogen and oxygen atoms in total. The van der Waals surface area contributed by atoms with Crippen molar-refractivity contribution in [3.05, 3.63) is 89.5 Å². The lowest BCUT2D eigenvalue weighted by Gasteiger charge is -2.27. The van der Waals surface area contributed by atoms with Gasteiger partial charge in [-0.3, -0.25) is 19.4 Å². The number of phenolic OH excluding ortho intramolecular Hbond substituents is 1. The number of ether oxygens (including phenoxy) is 1. The maximum atomic E-state index is 13.3. The van der Waals surface area contributed by atoms with Crippen LogP contribution < -0.4 is 4.74 Å². The second kappa shape index (κ2) is 8.58. The summed E-state index contributed by atoms with van der Waals surface area (Å²) in [7, 11) is 1.37. The van der Waals surface area contributed by atoms with Gasteiger partial charge >= 0.3 is 0 Å². The second-order valence-electron chi connectivity index (χ2n) is 7.38. The molecule has 1 fully saturated rings. The number of hydrogen-bond donors (Lipinski definition) is 1. The van der Waals surface area contributed by atoms with Crippen LogP contribution in [0.1, 0.15) is 27.5 Å². The Balaban J connectivity index is 1.81. The molecule has 0 saturated carbocycles. The monoisotopic (exact) mass is 434 g/mol. The van der Waals surface area contributed by atoms with Crippen LogP contribution in [0.2, 0.25) is 0 Å². The third-order valence-corrected chi connectivity index (χ3v) is 5.44. The van der Waals surface area contributed by atoms with Crippen molar-refractivity contribution in [2.75, 3.05) is 7.11 Å². The standard InChI is InChI=1S/C24H19FN2O5/c1-32-19-11-16(6-9-18(19)28)21-20(22(29)15-4-7-17(25)8-5-15)23(30)24(31)27(21)13-14-3-2-10-26-12-14/h2-12,20-21,28H,13H2,1H3. The van der Waals surface area contributed by atoms with Crippen molar-refractivity contribution in [2.45, 2.75) is 12.6 Å². The number of halogens is 1. The van der Waals surface area contributed by atoms with Gasteiger partial charge in [-0.1, -0.05) is 12.1 Å². The molecule has 4 rings (SSSR count). The molecule has 0 radical (unpaired) electrons. The maximum absolute atomic E-state index is 13.3. The molecule has 32 heavy (non-hydrogen) atoms. The minimum Gasteiger partial charge on any atom is -0.504 e. The molecule has 0 spiro atoms. The van der Waals surface area contributed by atoms with Crippen molar-refractivity contribution >= 4 is 17.5 Å². The van der Waals surface area contributed by atoms with Gasteiger partial charge in [-0.05, 0) is 53.6 Å². The van der Waals surface area contributed by atoms with Gasteiger partial charge in [0.1, 0.15) is 11.7 Å². The predicted octanol–water partition coefficient (Wildman–Crippen LogP) is 3.09. The number of amides is 1. The second-order valence-corrected chi connectivity index (χ2v) is 7.38. The minimum absolute atomic E-state index is 0.0550. The lowest BCUT2D eigenvalue weighted by Crippen LogP contribution is -2.30. The van der Waals surface area contributed by atoms with E-state index in [1.165, 1.54) is 42.3 Å². The Morgan fingerprint density at radius 1 is 1.16 bits per heavy atom. The van der Waals surface area contributed by atoms with E-state index in [1.54, 1.807) is 24.5 Å². The van der Waals surface area contributed by atoms with Gasteiger partial charge in [0.25, 0.3) is 5.91 Å². The minimum atomic E-state index is -1.33. The van der Waals surface area contributed by atoms with E-state index in [9.17, 15) is 23.9 Å². The van der Waals surface area contributed by atoms with Crippen LogP contribution in [0, 0.1) is 11.7 Å². The number of pyridine rings is 1. The van der Waals surface area contributed by atoms with E-state index in [4.69, 9.17) is 4.74 Å². The zero-order chi connectivity index (χ0) is 22.8. The molecule has 0 bridgehead atoms. The first-order valence-corrected chi connectivity index (χ1v) is 9.81. The SMILES string of the molecule is COc1cc(C2C(C(=O)c3ccc(F)cc3)C(=O)C(=O)N2Cc2cccnc2)ccc1O. The average molecular weight is 434 g/mol. The molecule has 3 aromatic rings. The van der Waals surface area contributed by atoms with Gasteiger partial charge in [-0.2, -0.15) is 0 Å². The number of aromatic hydroxyl groups is 1. The third kappa shape index (κ3) is 3.82. The zero-order valence-electron chi connectivity index (χ0n) is 17.1. The van der Waals surface area contributed by atoms with Crippen molar-refractivity contribution in [1.82, 2.24) is 9.88 Å². The van der Waals surface area contributed by atoms with Gasteiger partial charge < -0.3 is 14.7 Å². The first-order valence-electron chi connectivity index (χ1n) is 9.81. The summed E-state index contributed by atoms with van der Waals surface area (Å²) >= 11 is 0. The molecule has 0 aliphatic carbocycles. The Morgan fingerprint density at radius 3 is 2.56 bits per heavy atom. The largest absolute Gasteiger partial charge is 0.504 e. The van der Waals surface area contributed by atoms with Crippen LogP contribution in [0.25, 0.3) is 0 Å². The Morgan fingerprint density at radius 2 is 1.91 bits per heavy atom. The number of aromatic nitrogens is 1. The molecule has 2 atom stereocenters. The van der Waals surface area contributed by atoms with Gasteiger partial charge in [0.15, 0.2) is 17.3 Å². The molecule has 2 unspecified atom stereocenters. The molecular formula is C24H19FN2O5. The normalized spacial score (nSPS) is 18.1. The molecule has 1 amide bonds. The van der Waals surface area contributed by atoms with Crippen LogP contribution in [-0.2, 0) is 16.1 Å². The van der Waals surface area contributed by atoms with E-state index in [2.05, 4.69) is 4.98 Å². The Labute approximate surface area is 183 Å². The van der Waals surface area contributed by atoms with Crippen LogP contribution in [-0.4, -0.2) is 39.6 Å². The van der Waals surface area contributed by atoms with E-state index >= 15 is 0 Å². The first kappa shape index (κ1) is 21.2. The number of carbonyl (C=O) groups excluding carboxylic acids is 3. The molecule has 1 aliphatic heterocycles. The van der Waals surface area contributed by atoms with E-state index in [0.717, 1.165) is 12.1 Å². The molecule has 162 valence electrons. The van der Waals surface area contributed by atoms with E-state index < -0.39 is 35.3 Å². The summed E-state index contributed by atoms with van der Waals surface area (Å²) < 4.78 is 18.5. The quantitative estimate of drug-likeness (QED) is 0.364. The number of hydrogen-bond acceptors (Lipinski definition) is 6. The van der Waals surface area contributed by atoms with Crippen molar-refractivity contribution in [2.24, 2.45) is 5.92 Å². The lowest BCUT2D eigenvalue weighted by molar-refractivity contribution is -0.141. The highest BCUT2D eigenvalue weighted by molar-refractivity contribution is 6.44. The van der Waals surface area contributed by atoms with Crippen LogP contribution in [0.3, 0.4) is 0 Å². The number of ketones is 2. The first-order chi connectivity index (χ1) is 15.4. The van der Waals surface area contributed by atoms with Gasteiger partial charge in [0.2, 0.25) is 5.78 Å². The smallest absolute Gasteiger partial charge is 0.291 e. The Bertz CT molecular complexity index is 1180. The van der Waals surface area contributed by atoms with Gasteiger partial charge in [0, 0.05) is 24.5 Å². The van der Waals surface area contributed by atoms with Crippen molar-refractivity contribution in [3.63, 3.8) is 0 Å². The van der Waals surface area contributed by atoms with E-state index in [0.29, 0.717) is 11.1 Å². The molecular weight excluding hydrogens is 415 g/mol. The number of likely N-dealkylation sites (tertiary alicyclic amines) is 1. The Kier molecular flexibility index (Phi) is 5.68. The predicted molar refractivity (Wildman–Crippen MR) is 111 cm³/mol. The highest BCUT2D eigenvalue weighted by Crippen LogP contribution is 2.41. The molecule has 1 aromatic heterocycles. The van der Waals surface area contributed by atoms with Crippen LogP contribution in [0.15, 0.2) is 67.0 Å². The number of carbonyl (C=O) groups is 3. The number of nitrogens with zero attached hydrogens (tertiary/aromatic N) is 2. The summed E-state index contributed by atoms with van der Waals surface area (Å²) in [5, 5.41) is 9.98. The number of phenols is 1. The summed E-state index contributed by atoms with van der Waals surface area (Å²) in [6.07, 6.45) is 3.16. The number of Topliss-reactive ketones (excluding diaryl/α,β-unsaturated/α-hetero) is 2. The van der Waals surface area contributed by atoms with Crippen LogP contribution in [0.5, 0.6) is 11.5 Å². The summed E-state index contributed by atoms with van der Waals surface area (Å²) in [4.78, 5) is 44.6. The van der Waals surface area contributed by atoms with Crippen molar-refractivity contribution < 1.29 is 28.6 Å². The molecule has 1 saturated heterocycles. The summed E-state index contributed by atoms with van der Waals surface area (Å²) in [6.45, 7) is 0.0550. The number of rotatable bonds is 6. The zero-order valence-corrected chi connectivity index (χ0v) is 17.1. The van der Waals surface area contributed by atoms with E-state index in [1.807, 2.05) is 0 Å². The van der Waals surface area contributed by atoms with Gasteiger partial charge in [-0.25, -0.2) is 4.39 Å². The van der Waals surface area contributed by atoms with Crippen LogP contribution in [0.4, 0.5) is 4.39 Å². The highest BCUT2D eigenvalue weighted by atomic mass is 19.1. The fraction of sp³-hybridized carbons (Fsp3) is 0.167. The topological polar surface area (TPSA) is 96.8 Å². The van der Waals surface area contributed by atoms with Crippen molar-refractivity contribution in [1.29, 1.82) is 0 Å². The molecule has 1 aliphatic rings. The highest BCUT2D eigenvalue weighted by Gasteiger charge is 2.51.